The molecule has 0 nitrogen and oxygen atoms in total. The van der Waals surface area contributed by atoms with E-state index in [1.54, 1.807) is 10.4 Å². The summed E-state index contributed by atoms with van der Waals surface area (Å²) in [5.41, 5.74) is 2.93. The summed E-state index contributed by atoms with van der Waals surface area (Å²) < 4.78 is 0. The molecule has 0 saturated heterocycles. The van der Waals surface area contributed by atoms with Gasteiger partial charge in [0.1, 0.15) is 8.07 Å². The van der Waals surface area contributed by atoms with Crippen LogP contribution in [0.15, 0.2) is 48.5 Å². The van der Waals surface area contributed by atoms with Crippen LogP contribution in [0, 0.1) is 0 Å². The van der Waals surface area contributed by atoms with Gasteiger partial charge in [0.05, 0.1) is 0 Å². The van der Waals surface area contributed by atoms with Crippen LogP contribution in [0.4, 0.5) is 0 Å². The molecule has 2 aromatic carbocycles. The highest BCUT2D eigenvalue weighted by atomic mass is 28.3. The lowest BCUT2D eigenvalue weighted by Gasteiger charge is -2.18. The van der Waals surface area contributed by atoms with Crippen LogP contribution in [0.3, 0.4) is 0 Å². The molecule has 1 aliphatic heterocycles. The molecule has 1 heterocycles. The Kier molecular flexibility index (Phi) is 3.72. The molecule has 0 bridgehead atoms. The van der Waals surface area contributed by atoms with E-state index in [2.05, 4.69) is 75.5 Å². The molecule has 1 heteroatoms. The zero-order valence-corrected chi connectivity index (χ0v) is 12.8. The van der Waals surface area contributed by atoms with Crippen molar-refractivity contribution >= 4 is 18.4 Å². The molecule has 18 heavy (non-hydrogen) atoms. The van der Waals surface area contributed by atoms with Crippen molar-refractivity contribution in [2.24, 2.45) is 0 Å². The highest BCUT2D eigenvalue weighted by Crippen LogP contribution is 2.27. The second-order valence-corrected chi connectivity index (χ2v) is 9.75. The third-order valence-electron chi connectivity index (χ3n) is 3.49. The minimum absolute atomic E-state index is 1.25. The second-order valence-electron chi connectivity index (χ2n) is 5.42. The normalized spacial score (nSPS) is 14.2. The maximum Gasteiger partial charge on any atom is 0.113 e. The van der Waals surface area contributed by atoms with Crippen molar-refractivity contribution in [3.05, 3.63) is 48.5 Å². The van der Waals surface area contributed by atoms with Crippen molar-refractivity contribution in [2.75, 3.05) is 0 Å². The average molecular weight is 254 g/mol. The van der Waals surface area contributed by atoms with Crippen LogP contribution >= 0.6 is 0 Å². The first-order valence-electron chi connectivity index (χ1n) is 6.82. The molecule has 0 spiro atoms. The molecule has 0 aliphatic carbocycles. The van der Waals surface area contributed by atoms with Crippen LogP contribution in [0.5, 0.6) is 0 Å². The van der Waals surface area contributed by atoms with E-state index in [-0.39, 0.29) is 0 Å². The first kappa shape index (κ1) is 13.1. The topological polar surface area (TPSA) is 0 Å². The molecular formula is C17H22Si. The zero-order chi connectivity index (χ0) is 13.2. The van der Waals surface area contributed by atoms with E-state index >= 15 is 0 Å². The summed E-state index contributed by atoms with van der Waals surface area (Å²) in [5, 5.41) is 3.18. The van der Waals surface area contributed by atoms with Crippen LogP contribution in [-0.4, -0.2) is 8.07 Å². The molecule has 0 aromatic heterocycles. The molecule has 0 saturated carbocycles. The largest absolute Gasteiger partial charge is 0.113 e. The van der Waals surface area contributed by atoms with Gasteiger partial charge < -0.3 is 0 Å². The van der Waals surface area contributed by atoms with Gasteiger partial charge in [-0.05, 0) is 21.5 Å². The zero-order valence-electron chi connectivity index (χ0n) is 11.8. The summed E-state index contributed by atoms with van der Waals surface area (Å²) in [6, 6.07) is 17.8. The first-order valence-corrected chi connectivity index (χ1v) is 9.82. The van der Waals surface area contributed by atoms with E-state index in [4.69, 9.17) is 0 Å². The van der Waals surface area contributed by atoms with Crippen LogP contribution in [-0.2, 0) is 0 Å². The summed E-state index contributed by atoms with van der Waals surface area (Å²) in [6.07, 6.45) is 1.25. The lowest BCUT2D eigenvalue weighted by Crippen LogP contribution is -2.49. The van der Waals surface area contributed by atoms with Gasteiger partial charge in [-0.25, -0.2) is 0 Å². The van der Waals surface area contributed by atoms with Gasteiger partial charge in [0.15, 0.2) is 0 Å². The van der Waals surface area contributed by atoms with E-state index in [1.165, 1.54) is 17.5 Å². The first-order chi connectivity index (χ1) is 8.62. The molecule has 0 radical (unpaired) electrons. The fourth-order valence-electron chi connectivity index (χ4n) is 2.67. The minimum Gasteiger partial charge on any atom is -0.0656 e. The maximum absolute atomic E-state index is 2.44. The lowest BCUT2D eigenvalue weighted by atomic mass is 10.1. The Hall–Kier alpha value is -1.34. The molecule has 94 valence electrons. The van der Waals surface area contributed by atoms with Crippen molar-refractivity contribution in [3.8, 4) is 11.1 Å². The number of fused-ring (bicyclic) bond motifs is 3. The predicted molar refractivity (Wildman–Crippen MR) is 84.6 cm³/mol. The third kappa shape index (κ3) is 2.03. The van der Waals surface area contributed by atoms with Crippen LogP contribution < -0.4 is 10.4 Å². The summed E-state index contributed by atoms with van der Waals surface area (Å²) in [7, 11) is -1.38. The molecule has 0 N–H and O–H groups in total. The number of rotatable bonds is 0. The molecule has 3 rings (SSSR count). The highest BCUT2D eigenvalue weighted by Gasteiger charge is 2.36. The summed E-state index contributed by atoms with van der Waals surface area (Å²) in [4.78, 5) is 0. The lowest BCUT2D eigenvalue weighted by molar-refractivity contribution is 1.09. The molecule has 0 atom stereocenters. The van der Waals surface area contributed by atoms with E-state index in [0.717, 1.165) is 0 Å². The number of hydrogen-bond donors (Lipinski definition) is 0. The van der Waals surface area contributed by atoms with E-state index < -0.39 is 8.07 Å². The second kappa shape index (κ2) is 5.11. The Morgan fingerprint density at radius 2 is 1.06 bits per heavy atom. The van der Waals surface area contributed by atoms with Gasteiger partial charge in [-0.2, -0.15) is 0 Å². The van der Waals surface area contributed by atoms with Crippen LogP contribution in [0.2, 0.25) is 13.1 Å². The molecule has 0 amide bonds. The predicted octanol–water partition coefficient (Wildman–Crippen LogP) is 3.91. The molecule has 0 fully saturated rings. The molecule has 1 aliphatic rings. The van der Waals surface area contributed by atoms with Crippen molar-refractivity contribution in [2.45, 2.75) is 33.4 Å². The van der Waals surface area contributed by atoms with Crippen molar-refractivity contribution in [1.82, 2.24) is 0 Å². The SMILES string of the molecule is CCC.C[Si]1(C)c2ccccc2-c2ccccc21. The maximum atomic E-state index is 2.44. The fraction of sp³-hybridized carbons (Fsp3) is 0.294. The average Bonchev–Trinajstić information content (AvgIpc) is 2.61. The van der Waals surface area contributed by atoms with Crippen molar-refractivity contribution in [3.63, 3.8) is 0 Å². The Morgan fingerprint density at radius 3 is 1.44 bits per heavy atom. The van der Waals surface area contributed by atoms with Gasteiger partial charge >= 0.3 is 0 Å². The third-order valence-corrected chi connectivity index (χ3v) is 7.06. The van der Waals surface area contributed by atoms with Crippen LogP contribution in [0.1, 0.15) is 20.3 Å². The van der Waals surface area contributed by atoms with E-state index in [1.807, 2.05) is 0 Å². The highest BCUT2D eigenvalue weighted by molar-refractivity contribution is 7.03. The standard InChI is InChI=1S/C14H14Si.C3H8/c1-15(2)13-9-5-3-7-11(13)12-8-4-6-10-14(12)15;1-3-2/h3-10H,1-2H3;3H2,1-2H3. The molecule has 2 aromatic rings. The van der Waals surface area contributed by atoms with Crippen LogP contribution in [0.25, 0.3) is 11.1 Å². The fourth-order valence-corrected chi connectivity index (χ4v) is 5.77. The summed E-state index contributed by atoms with van der Waals surface area (Å²) >= 11 is 0. The molecular weight excluding hydrogens is 232 g/mol. The smallest absolute Gasteiger partial charge is 0.0656 e. The van der Waals surface area contributed by atoms with Gasteiger partial charge in [0.25, 0.3) is 0 Å². The number of benzene rings is 2. The minimum atomic E-state index is -1.38. The quantitative estimate of drug-likeness (QED) is 0.625. The van der Waals surface area contributed by atoms with Gasteiger partial charge in [-0.3, -0.25) is 0 Å². The van der Waals surface area contributed by atoms with E-state index in [0.29, 0.717) is 0 Å². The molecule has 0 unspecified atom stereocenters. The Morgan fingerprint density at radius 1 is 0.722 bits per heavy atom. The van der Waals surface area contributed by atoms with E-state index in [9.17, 15) is 0 Å². The monoisotopic (exact) mass is 254 g/mol. The Bertz CT molecular complexity index is 493. The Labute approximate surface area is 112 Å². The summed E-state index contributed by atoms with van der Waals surface area (Å²) in [5.74, 6) is 0. The van der Waals surface area contributed by atoms with Crippen molar-refractivity contribution in [1.29, 1.82) is 0 Å². The van der Waals surface area contributed by atoms with Crippen molar-refractivity contribution < 1.29 is 0 Å². The Balaban J connectivity index is 0.000000367. The van der Waals surface area contributed by atoms with Gasteiger partial charge in [-0.1, -0.05) is 81.9 Å². The van der Waals surface area contributed by atoms with Gasteiger partial charge in [-0.15, -0.1) is 0 Å². The van der Waals surface area contributed by atoms with Gasteiger partial charge in [0.2, 0.25) is 0 Å². The summed E-state index contributed by atoms with van der Waals surface area (Å²) in [6.45, 7) is 9.13. The number of hydrogen-bond acceptors (Lipinski definition) is 0. The van der Waals surface area contributed by atoms with Gasteiger partial charge in [0, 0.05) is 0 Å².